The molecule has 0 saturated heterocycles. The topological polar surface area (TPSA) is 52.6 Å². The van der Waals surface area contributed by atoms with Crippen molar-refractivity contribution in [3.8, 4) is 0 Å². The van der Waals surface area contributed by atoms with Gasteiger partial charge in [-0.15, -0.1) is 6.58 Å². The van der Waals surface area contributed by atoms with E-state index in [9.17, 15) is 9.59 Å². The Labute approximate surface area is 125 Å². The number of esters is 2. The monoisotopic (exact) mass is 290 g/mol. The lowest BCUT2D eigenvalue weighted by Gasteiger charge is -2.19. The molecule has 0 bridgehead atoms. The van der Waals surface area contributed by atoms with E-state index in [1.54, 1.807) is 30.3 Å². The van der Waals surface area contributed by atoms with Crippen LogP contribution in [0.2, 0.25) is 0 Å². The van der Waals surface area contributed by atoms with Crippen molar-refractivity contribution in [2.24, 2.45) is 0 Å². The molecule has 114 valence electrons. The lowest BCUT2D eigenvalue weighted by Crippen LogP contribution is -2.23. The molecule has 1 atom stereocenters. The highest BCUT2D eigenvalue weighted by Crippen LogP contribution is 2.22. The Morgan fingerprint density at radius 1 is 1.24 bits per heavy atom. The van der Waals surface area contributed by atoms with Crippen molar-refractivity contribution in [3.05, 3.63) is 48.0 Å². The molecule has 1 rings (SSSR count). The van der Waals surface area contributed by atoms with E-state index in [4.69, 9.17) is 4.74 Å². The minimum absolute atomic E-state index is 0.134. The molecule has 1 unspecified atom stereocenters. The van der Waals surface area contributed by atoms with Gasteiger partial charge >= 0.3 is 11.9 Å². The van der Waals surface area contributed by atoms with Gasteiger partial charge in [0.1, 0.15) is 5.60 Å². The van der Waals surface area contributed by atoms with Gasteiger partial charge in [0, 0.05) is 5.92 Å². The molecule has 0 aliphatic carbocycles. The highest BCUT2D eigenvalue weighted by atomic mass is 16.6. The van der Waals surface area contributed by atoms with Gasteiger partial charge in [0.25, 0.3) is 0 Å². The molecule has 1 aromatic rings. The van der Waals surface area contributed by atoms with Crippen LogP contribution in [0.25, 0.3) is 0 Å². The average Bonchev–Trinajstić information content (AvgIpc) is 2.42. The Morgan fingerprint density at radius 2 is 1.81 bits per heavy atom. The summed E-state index contributed by atoms with van der Waals surface area (Å²) in [5.74, 6) is -0.793. The van der Waals surface area contributed by atoms with Gasteiger partial charge in [0.15, 0.2) is 0 Å². The number of hydrogen-bond donors (Lipinski definition) is 0. The maximum absolute atomic E-state index is 11.9. The molecule has 1 aromatic carbocycles. The van der Waals surface area contributed by atoms with Crippen molar-refractivity contribution in [2.45, 2.75) is 38.7 Å². The summed E-state index contributed by atoms with van der Waals surface area (Å²) in [7, 11) is 1.36. The van der Waals surface area contributed by atoms with Gasteiger partial charge in [0.2, 0.25) is 0 Å². The first kappa shape index (κ1) is 17.0. The Bertz CT molecular complexity index is 509. The summed E-state index contributed by atoms with van der Waals surface area (Å²) in [6.45, 7) is 9.20. The van der Waals surface area contributed by atoms with Crippen LogP contribution < -0.4 is 0 Å². The quantitative estimate of drug-likeness (QED) is 0.615. The summed E-state index contributed by atoms with van der Waals surface area (Å²) in [6.07, 6.45) is 1.92. The smallest absolute Gasteiger partial charge is 0.338 e. The summed E-state index contributed by atoms with van der Waals surface area (Å²) in [5.41, 5.74) is 0.863. The zero-order valence-electron chi connectivity index (χ0n) is 13.0. The number of carbonyl (C=O) groups is 2. The molecular formula is C17H22O4. The number of ether oxygens (including phenoxy) is 2. The molecule has 0 aromatic heterocycles. The first-order chi connectivity index (χ1) is 9.76. The Morgan fingerprint density at radius 3 is 2.24 bits per heavy atom. The molecule has 0 spiro atoms. The molecule has 4 heteroatoms. The van der Waals surface area contributed by atoms with Crippen LogP contribution in [0.15, 0.2) is 36.9 Å². The molecule has 21 heavy (non-hydrogen) atoms. The zero-order valence-corrected chi connectivity index (χ0v) is 13.0. The number of allylic oxidation sites excluding steroid dienone is 1. The predicted molar refractivity (Wildman–Crippen MR) is 81.2 cm³/mol. The van der Waals surface area contributed by atoms with Gasteiger partial charge in [-0.2, -0.15) is 0 Å². The Balaban J connectivity index is 2.83. The average molecular weight is 290 g/mol. The van der Waals surface area contributed by atoms with Gasteiger partial charge in [-0.1, -0.05) is 18.2 Å². The molecular weight excluding hydrogens is 268 g/mol. The van der Waals surface area contributed by atoms with Gasteiger partial charge in [-0.3, -0.25) is 4.79 Å². The minimum Gasteiger partial charge on any atom is -0.469 e. The van der Waals surface area contributed by atoms with E-state index in [-0.39, 0.29) is 24.3 Å². The van der Waals surface area contributed by atoms with E-state index >= 15 is 0 Å². The lowest BCUT2D eigenvalue weighted by atomic mass is 9.95. The fourth-order valence-electron chi connectivity index (χ4n) is 1.80. The summed E-state index contributed by atoms with van der Waals surface area (Å²) < 4.78 is 9.96. The van der Waals surface area contributed by atoms with Crippen LogP contribution in [0.4, 0.5) is 0 Å². The third kappa shape index (κ3) is 5.42. The molecule has 0 saturated carbocycles. The molecule has 4 nitrogen and oxygen atoms in total. The van der Waals surface area contributed by atoms with Gasteiger partial charge < -0.3 is 9.47 Å². The normalized spacial score (nSPS) is 12.4. The first-order valence-corrected chi connectivity index (χ1v) is 6.79. The third-order valence-electron chi connectivity index (χ3n) is 2.87. The van der Waals surface area contributed by atoms with Crippen molar-refractivity contribution in [1.29, 1.82) is 0 Å². The number of methoxy groups -OCH3 is 1. The fourth-order valence-corrected chi connectivity index (χ4v) is 1.80. The van der Waals surface area contributed by atoms with Gasteiger partial charge in [0.05, 0.1) is 19.1 Å². The maximum Gasteiger partial charge on any atom is 0.338 e. The Hall–Kier alpha value is -2.10. The van der Waals surface area contributed by atoms with Gasteiger partial charge in [-0.05, 0) is 38.5 Å². The second-order valence-corrected chi connectivity index (χ2v) is 5.75. The molecule has 0 N–H and O–H groups in total. The minimum atomic E-state index is -0.524. The summed E-state index contributed by atoms with van der Waals surface area (Å²) in [5, 5.41) is 0. The number of benzene rings is 1. The molecule has 0 fully saturated rings. The third-order valence-corrected chi connectivity index (χ3v) is 2.87. The summed E-state index contributed by atoms with van der Waals surface area (Å²) >= 11 is 0. The van der Waals surface area contributed by atoms with Crippen LogP contribution in [0, 0.1) is 0 Å². The van der Waals surface area contributed by atoms with E-state index < -0.39 is 5.60 Å². The largest absolute Gasteiger partial charge is 0.469 e. The van der Waals surface area contributed by atoms with Crippen molar-refractivity contribution in [1.82, 2.24) is 0 Å². The van der Waals surface area contributed by atoms with E-state index in [1.165, 1.54) is 7.11 Å². The SMILES string of the molecule is C=CC(CC(=O)OC)c1ccc(C(=O)OC(C)(C)C)cc1. The molecule has 0 radical (unpaired) electrons. The number of rotatable bonds is 5. The predicted octanol–water partition coefficient (Wildman–Crippen LogP) is 3.47. The van der Waals surface area contributed by atoms with Crippen molar-refractivity contribution in [3.63, 3.8) is 0 Å². The highest BCUT2D eigenvalue weighted by molar-refractivity contribution is 5.89. The second-order valence-electron chi connectivity index (χ2n) is 5.75. The van der Waals surface area contributed by atoms with Crippen LogP contribution in [0.1, 0.15) is 49.0 Å². The van der Waals surface area contributed by atoms with E-state index in [1.807, 2.05) is 20.8 Å². The molecule has 0 amide bonds. The standard InChI is InChI=1S/C17H22O4/c1-6-12(11-15(18)20-5)13-7-9-14(10-8-13)16(19)21-17(2,3)4/h6-10,12H,1,11H2,2-5H3. The Kier molecular flexibility index (Phi) is 5.70. The van der Waals surface area contributed by atoms with Crippen LogP contribution in [0.3, 0.4) is 0 Å². The van der Waals surface area contributed by atoms with Gasteiger partial charge in [-0.25, -0.2) is 4.79 Å². The number of carbonyl (C=O) groups excluding carboxylic acids is 2. The first-order valence-electron chi connectivity index (χ1n) is 6.79. The van der Waals surface area contributed by atoms with E-state index in [0.717, 1.165) is 5.56 Å². The van der Waals surface area contributed by atoms with Crippen LogP contribution in [-0.4, -0.2) is 24.6 Å². The van der Waals surface area contributed by atoms with Crippen molar-refractivity contribution in [2.75, 3.05) is 7.11 Å². The second kappa shape index (κ2) is 7.07. The lowest BCUT2D eigenvalue weighted by molar-refractivity contribution is -0.140. The number of hydrogen-bond acceptors (Lipinski definition) is 4. The van der Waals surface area contributed by atoms with Crippen molar-refractivity contribution >= 4 is 11.9 Å². The maximum atomic E-state index is 11.9. The molecule has 0 aliphatic heterocycles. The summed E-state index contributed by atoms with van der Waals surface area (Å²) in [4.78, 5) is 23.3. The van der Waals surface area contributed by atoms with Crippen LogP contribution >= 0.6 is 0 Å². The summed E-state index contributed by atoms with van der Waals surface area (Å²) in [6, 6.07) is 6.98. The fraction of sp³-hybridized carbons (Fsp3) is 0.412. The highest BCUT2D eigenvalue weighted by Gasteiger charge is 2.18. The zero-order chi connectivity index (χ0) is 16.0. The van der Waals surface area contributed by atoms with E-state index in [0.29, 0.717) is 5.56 Å². The molecule has 0 aliphatic rings. The van der Waals surface area contributed by atoms with E-state index in [2.05, 4.69) is 11.3 Å². The van der Waals surface area contributed by atoms with Crippen LogP contribution in [0.5, 0.6) is 0 Å². The molecule has 0 heterocycles. The van der Waals surface area contributed by atoms with Crippen molar-refractivity contribution < 1.29 is 19.1 Å². The van der Waals surface area contributed by atoms with Crippen LogP contribution in [-0.2, 0) is 14.3 Å².